The van der Waals surface area contributed by atoms with Gasteiger partial charge in [0.15, 0.2) is 0 Å². The van der Waals surface area contributed by atoms with Gasteiger partial charge in [0.05, 0.1) is 19.0 Å². The van der Waals surface area contributed by atoms with Gasteiger partial charge in [-0.1, -0.05) is 0 Å². The summed E-state index contributed by atoms with van der Waals surface area (Å²) in [5.74, 6) is 0.00905. The second kappa shape index (κ2) is 9.78. The fourth-order valence-corrected chi connectivity index (χ4v) is 2.64. The molecule has 0 rings (SSSR count). The van der Waals surface area contributed by atoms with Crippen molar-refractivity contribution in [3.8, 4) is 0 Å². The molecular formula is C10H24N2O4S. The van der Waals surface area contributed by atoms with Crippen LogP contribution in [-0.2, 0) is 19.5 Å². The zero-order valence-electron chi connectivity index (χ0n) is 10.7. The summed E-state index contributed by atoms with van der Waals surface area (Å²) in [6.45, 7) is 4.26. The molecule has 0 aliphatic carbocycles. The molecule has 0 atom stereocenters. The maximum Gasteiger partial charge on any atom is 0.216 e. The Bertz CT molecular complexity index is 261. The summed E-state index contributed by atoms with van der Waals surface area (Å²) in [6, 6.07) is 0. The first-order valence-electron chi connectivity index (χ1n) is 5.83. The van der Waals surface area contributed by atoms with Crippen molar-refractivity contribution in [3.05, 3.63) is 0 Å². The molecule has 104 valence electrons. The zero-order chi connectivity index (χ0) is 13.1. The molecule has 17 heavy (non-hydrogen) atoms. The van der Waals surface area contributed by atoms with E-state index in [0.717, 1.165) is 0 Å². The fourth-order valence-electron chi connectivity index (χ4n) is 1.29. The van der Waals surface area contributed by atoms with Crippen LogP contribution in [0.25, 0.3) is 0 Å². The first kappa shape index (κ1) is 16.8. The summed E-state index contributed by atoms with van der Waals surface area (Å²) in [5.41, 5.74) is 5.39. The summed E-state index contributed by atoms with van der Waals surface area (Å²) in [4.78, 5) is 0. The summed E-state index contributed by atoms with van der Waals surface area (Å²) in [7, 11) is -1.72. The highest BCUT2D eigenvalue weighted by molar-refractivity contribution is 7.89. The molecule has 0 aliphatic rings. The van der Waals surface area contributed by atoms with Crippen LogP contribution in [0.1, 0.15) is 13.3 Å². The Hall–Kier alpha value is -0.210. The quantitative estimate of drug-likeness (QED) is 0.518. The number of methoxy groups -OCH3 is 1. The normalized spacial score (nSPS) is 12.2. The second-order valence-corrected chi connectivity index (χ2v) is 5.64. The summed E-state index contributed by atoms with van der Waals surface area (Å²) in [6.07, 6.45) is 0.650. The van der Waals surface area contributed by atoms with Crippen molar-refractivity contribution in [2.24, 2.45) is 5.73 Å². The van der Waals surface area contributed by atoms with E-state index in [1.807, 2.05) is 6.92 Å². The van der Waals surface area contributed by atoms with Crippen molar-refractivity contribution in [1.29, 1.82) is 0 Å². The van der Waals surface area contributed by atoms with E-state index < -0.39 is 10.0 Å². The fraction of sp³-hybridized carbons (Fsp3) is 1.00. The van der Waals surface area contributed by atoms with Crippen molar-refractivity contribution in [2.75, 3.05) is 52.3 Å². The van der Waals surface area contributed by atoms with Crippen LogP contribution in [-0.4, -0.2) is 65.0 Å². The molecule has 0 saturated carbocycles. The average Bonchev–Trinajstić information content (AvgIpc) is 2.29. The first-order chi connectivity index (χ1) is 8.08. The van der Waals surface area contributed by atoms with E-state index in [2.05, 4.69) is 0 Å². The topological polar surface area (TPSA) is 81.9 Å². The smallest absolute Gasteiger partial charge is 0.216 e. The Kier molecular flexibility index (Phi) is 9.66. The third kappa shape index (κ3) is 7.67. The molecule has 0 spiro atoms. The van der Waals surface area contributed by atoms with Crippen LogP contribution in [0.3, 0.4) is 0 Å². The van der Waals surface area contributed by atoms with Crippen molar-refractivity contribution >= 4 is 10.0 Å². The molecule has 0 unspecified atom stereocenters. The Morgan fingerprint density at radius 3 is 2.47 bits per heavy atom. The second-order valence-electron chi connectivity index (χ2n) is 3.55. The maximum atomic E-state index is 12.0. The van der Waals surface area contributed by atoms with E-state index in [4.69, 9.17) is 15.2 Å². The van der Waals surface area contributed by atoms with E-state index in [-0.39, 0.29) is 12.4 Å². The van der Waals surface area contributed by atoms with E-state index in [1.165, 1.54) is 4.31 Å². The van der Waals surface area contributed by atoms with Crippen molar-refractivity contribution in [2.45, 2.75) is 13.3 Å². The van der Waals surface area contributed by atoms with Gasteiger partial charge < -0.3 is 15.2 Å². The van der Waals surface area contributed by atoms with Crippen LogP contribution in [0.4, 0.5) is 0 Å². The van der Waals surface area contributed by atoms with Gasteiger partial charge in [-0.2, -0.15) is 4.31 Å². The standard InChI is InChI=1S/C10H24N2O4S/c1-3-16-9-10-17(13,14)12(6-4-5-11)7-8-15-2/h3-11H2,1-2H3. The highest BCUT2D eigenvalue weighted by Crippen LogP contribution is 2.03. The van der Waals surface area contributed by atoms with Crippen LogP contribution < -0.4 is 5.73 Å². The number of nitrogens with zero attached hydrogens (tertiary/aromatic N) is 1. The Morgan fingerprint density at radius 1 is 1.24 bits per heavy atom. The highest BCUT2D eigenvalue weighted by Gasteiger charge is 2.20. The van der Waals surface area contributed by atoms with E-state index in [0.29, 0.717) is 39.3 Å². The molecule has 0 radical (unpaired) electrons. The minimum absolute atomic E-state index is 0.00905. The number of sulfonamides is 1. The third-order valence-corrected chi connectivity index (χ3v) is 4.07. The maximum absolute atomic E-state index is 12.0. The summed E-state index contributed by atoms with van der Waals surface area (Å²) in [5, 5.41) is 0. The highest BCUT2D eigenvalue weighted by atomic mass is 32.2. The monoisotopic (exact) mass is 268 g/mol. The molecule has 0 aromatic rings. The SMILES string of the molecule is CCOCCS(=O)(=O)N(CCCN)CCOC. The minimum atomic E-state index is -3.27. The lowest BCUT2D eigenvalue weighted by Crippen LogP contribution is -2.38. The molecule has 0 heterocycles. The van der Waals surface area contributed by atoms with Gasteiger partial charge in [0.1, 0.15) is 0 Å². The van der Waals surface area contributed by atoms with E-state index in [9.17, 15) is 8.42 Å². The minimum Gasteiger partial charge on any atom is -0.383 e. The molecule has 0 saturated heterocycles. The van der Waals surface area contributed by atoms with Crippen molar-refractivity contribution in [1.82, 2.24) is 4.31 Å². The molecule has 7 heteroatoms. The zero-order valence-corrected chi connectivity index (χ0v) is 11.5. The van der Waals surface area contributed by atoms with Gasteiger partial charge in [0.25, 0.3) is 0 Å². The third-order valence-electron chi connectivity index (χ3n) is 2.24. The van der Waals surface area contributed by atoms with Crippen LogP contribution in [0.2, 0.25) is 0 Å². The number of hydrogen-bond donors (Lipinski definition) is 1. The lowest BCUT2D eigenvalue weighted by atomic mass is 10.4. The molecule has 0 bridgehead atoms. The Labute approximate surface area is 104 Å². The van der Waals surface area contributed by atoms with Crippen LogP contribution >= 0.6 is 0 Å². The summed E-state index contributed by atoms with van der Waals surface area (Å²) < 4.78 is 35.3. The number of rotatable bonds is 11. The van der Waals surface area contributed by atoms with E-state index >= 15 is 0 Å². The number of ether oxygens (including phenoxy) is 2. The Morgan fingerprint density at radius 2 is 1.94 bits per heavy atom. The van der Waals surface area contributed by atoms with Crippen molar-refractivity contribution in [3.63, 3.8) is 0 Å². The summed E-state index contributed by atoms with van der Waals surface area (Å²) >= 11 is 0. The largest absolute Gasteiger partial charge is 0.383 e. The molecule has 6 nitrogen and oxygen atoms in total. The van der Waals surface area contributed by atoms with Gasteiger partial charge >= 0.3 is 0 Å². The average molecular weight is 268 g/mol. The molecule has 0 aromatic carbocycles. The van der Waals surface area contributed by atoms with Crippen LogP contribution in [0.5, 0.6) is 0 Å². The van der Waals surface area contributed by atoms with Crippen molar-refractivity contribution < 1.29 is 17.9 Å². The lowest BCUT2D eigenvalue weighted by molar-refractivity contribution is 0.160. The molecule has 0 aromatic heterocycles. The van der Waals surface area contributed by atoms with Gasteiger partial charge in [-0.25, -0.2) is 8.42 Å². The van der Waals surface area contributed by atoms with E-state index in [1.54, 1.807) is 7.11 Å². The van der Waals surface area contributed by atoms with Gasteiger partial charge in [-0.05, 0) is 19.9 Å². The van der Waals surface area contributed by atoms with Crippen LogP contribution in [0.15, 0.2) is 0 Å². The van der Waals surface area contributed by atoms with Gasteiger partial charge in [0.2, 0.25) is 10.0 Å². The van der Waals surface area contributed by atoms with Gasteiger partial charge in [-0.15, -0.1) is 0 Å². The number of hydrogen-bond acceptors (Lipinski definition) is 5. The first-order valence-corrected chi connectivity index (χ1v) is 7.44. The lowest BCUT2D eigenvalue weighted by Gasteiger charge is -2.21. The molecule has 0 fully saturated rings. The molecule has 0 amide bonds. The Balaban J connectivity index is 4.30. The molecule has 2 N–H and O–H groups in total. The molecule has 0 aliphatic heterocycles. The van der Waals surface area contributed by atoms with Gasteiger partial charge in [-0.3, -0.25) is 0 Å². The predicted octanol–water partition coefficient (Wildman–Crippen LogP) is -0.350. The van der Waals surface area contributed by atoms with Gasteiger partial charge in [0, 0.05) is 26.8 Å². The number of nitrogens with two attached hydrogens (primary N) is 1. The molecular weight excluding hydrogens is 244 g/mol. The predicted molar refractivity (Wildman–Crippen MR) is 67.4 cm³/mol. The van der Waals surface area contributed by atoms with Crippen LogP contribution in [0, 0.1) is 0 Å².